The number of alkyl halides is 3. The van der Waals surface area contributed by atoms with Crippen LogP contribution in [0, 0.1) is 0 Å². The van der Waals surface area contributed by atoms with Gasteiger partial charge in [0.05, 0.1) is 22.6 Å². The number of aromatic amines is 1. The molecule has 3 N–H and O–H groups in total. The van der Waals surface area contributed by atoms with Gasteiger partial charge in [0.1, 0.15) is 5.75 Å². The maximum absolute atomic E-state index is 14.0. The van der Waals surface area contributed by atoms with E-state index in [1.54, 1.807) is 31.3 Å². The van der Waals surface area contributed by atoms with E-state index >= 15 is 0 Å². The first-order chi connectivity index (χ1) is 21.6. The third-order valence-electron chi connectivity index (χ3n) is 8.83. The van der Waals surface area contributed by atoms with E-state index in [4.69, 9.17) is 0 Å². The van der Waals surface area contributed by atoms with Gasteiger partial charge in [0.25, 0.3) is 5.56 Å². The second kappa shape index (κ2) is 12.3. The Morgan fingerprint density at radius 1 is 0.956 bits per heavy atom. The van der Waals surface area contributed by atoms with Crippen molar-refractivity contribution in [3.8, 4) is 5.75 Å². The van der Waals surface area contributed by atoms with Gasteiger partial charge < -0.3 is 24.9 Å². The van der Waals surface area contributed by atoms with Gasteiger partial charge in [0.15, 0.2) is 0 Å². The minimum absolute atomic E-state index is 0.0715. The van der Waals surface area contributed by atoms with Gasteiger partial charge in [-0.15, -0.1) is 0 Å². The highest BCUT2D eigenvalue weighted by atomic mass is 19.4. The second-order valence-corrected chi connectivity index (χ2v) is 11.6. The number of hydrogen-bond acceptors (Lipinski definition) is 3. The fourth-order valence-corrected chi connectivity index (χ4v) is 6.51. The van der Waals surface area contributed by atoms with E-state index in [0.29, 0.717) is 41.5 Å². The highest BCUT2D eigenvalue weighted by Gasteiger charge is 2.33. The molecule has 6 rings (SSSR count). The lowest BCUT2D eigenvalue weighted by atomic mass is 9.84. The Balaban J connectivity index is 1.45. The van der Waals surface area contributed by atoms with Crippen LogP contribution in [-0.4, -0.2) is 45.2 Å². The Labute approximate surface area is 258 Å². The number of aromatic nitrogens is 2. The van der Waals surface area contributed by atoms with Gasteiger partial charge in [0.2, 0.25) is 0 Å². The van der Waals surface area contributed by atoms with E-state index in [9.17, 15) is 27.9 Å². The molecular weight excluding hydrogens is 581 g/mol. The molecule has 0 aliphatic carbocycles. The summed E-state index contributed by atoms with van der Waals surface area (Å²) in [5, 5.41) is 16.0. The van der Waals surface area contributed by atoms with Crippen LogP contribution in [-0.2, 0) is 19.6 Å². The molecule has 1 aliphatic heterocycles. The fraction of sp³-hybridized carbons (Fsp3) is 0.314. The zero-order valence-electron chi connectivity index (χ0n) is 25.0. The minimum Gasteiger partial charge on any atom is -0.507 e. The maximum atomic E-state index is 14.0. The summed E-state index contributed by atoms with van der Waals surface area (Å²) in [6.45, 7) is 1.93. The monoisotopic (exact) mass is 616 g/mol. The first-order valence-electron chi connectivity index (χ1n) is 15.2. The number of carbonyl (C=O) groups is 1. The van der Waals surface area contributed by atoms with E-state index < -0.39 is 23.2 Å². The molecule has 1 unspecified atom stereocenters. The number of para-hydroxylation sites is 2. The molecular formula is C35H35F3N4O3. The molecule has 1 aliphatic rings. The first-order valence-corrected chi connectivity index (χ1v) is 15.2. The minimum atomic E-state index is -4.53. The zero-order chi connectivity index (χ0) is 31.7. The second-order valence-electron chi connectivity index (χ2n) is 11.6. The summed E-state index contributed by atoms with van der Waals surface area (Å²) in [5.74, 6) is -1.11. The molecule has 3 aromatic carbocycles. The van der Waals surface area contributed by atoms with Crippen molar-refractivity contribution in [1.29, 1.82) is 0 Å². The predicted octanol–water partition coefficient (Wildman–Crippen LogP) is 7.05. The summed E-state index contributed by atoms with van der Waals surface area (Å²) in [5.41, 5.74) is 2.07. The van der Waals surface area contributed by atoms with Crippen molar-refractivity contribution in [2.24, 2.45) is 7.05 Å². The quantitative estimate of drug-likeness (QED) is 0.171. The molecule has 1 atom stereocenters. The standard InChI is InChI=1S/C35H35F3N4O3/c1-41-28-14-6-4-11-26(28)32(43)30(33(41)44)29(22-15-17-23(18-16-22)35(36,37)38)31-25(24-10-3-5-13-27(24)40-31)12-9-19-39-34(45)42-20-7-2-8-21-42/h3-6,10-11,13-18,29,40,43H,2,7-9,12,19-21H2,1H3,(H,39,45). The van der Waals surface area contributed by atoms with Crippen LogP contribution in [0.5, 0.6) is 5.75 Å². The number of piperidine rings is 1. The molecule has 234 valence electrons. The Morgan fingerprint density at radius 3 is 2.33 bits per heavy atom. The molecule has 2 amide bonds. The van der Waals surface area contributed by atoms with Crippen LogP contribution < -0.4 is 10.9 Å². The smallest absolute Gasteiger partial charge is 0.416 e. The zero-order valence-corrected chi connectivity index (χ0v) is 25.0. The molecule has 45 heavy (non-hydrogen) atoms. The number of halogens is 3. The normalized spacial score (nSPS) is 14.6. The van der Waals surface area contributed by atoms with E-state index in [0.717, 1.165) is 61.0 Å². The van der Waals surface area contributed by atoms with Crippen LogP contribution in [0.25, 0.3) is 21.8 Å². The van der Waals surface area contributed by atoms with E-state index in [-0.39, 0.29) is 17.3 Å². The average Bonchev–Trinajstić information content (AvgIpc) is 3.41. The molecule has 0 radical (unpaired) electrons. The van der Waals surface area contributed by atoms with Crippen molar-refractivity contribution in [3.63, 3.8) is 0 Å². The maximum Gasteiger partial charge on any atom is 0.416 e. The van der Waals surface area contributed by atoms with Crippen molar-refractivity contribution in [1.82, 2.24) is 19.8 Å². The van der Waals surface area contributed by atoms with Gasteiger partial charge in [-0.25, -0.2) is 4.79 Å². The van der Waals surface area contributed by atoms with Crippen LogP contribution in [0.2, 0.25) is 0 Å². The Kier molecular flexibility index (Phi) is 8.31. The molecule has 0 saturated carbocycles. The number of H-pyrrole nitrogens is 1. The molecule has 3 heterocycles. The van der Waals surface area contributed by atoms with Gasteiger partial charge in [0, 0.05) is 48.7 Å². The summed E-state index contributed by atoms with van der Waals surface area (Å²) in [6.07, 6.45) is -0.290. The van der Waals surface area contributed by atoms with Crippen LogP contribution in [0.15, 0.2) is 77.6 Å². The fourth-order valence-electron chi connectivity index (χ4n) is 6.51. The molecule has 7 nitrogen and oxygen atoms in total. The number of nitrogens with zero attached hydrogens (tertiary/aromatic N) is 2. The van der Waals surface area contributed by atoms with Crippen LogP contribution >= 0.6 is 0 Å². The SMILES string of the molecule is Cn1c(=O)c(C(c2ccc(C(F)(F)F)cc2)c2[nH]c3ccccc3c2CCCNC(=O)N2CCCCC2)c(O)c2ccccc21. The molecule has 1 fully saturated rings. The molecule has 10 heteroatoms. The summed E-state index contributed by atoms with van der Waals surface area (Å²) in [7, 11) is 1.62. The van der Waals surface area contributed by atoms with Crippen LogP contribution in [0.4, 0.5) is 18.0 Å². The van der Waals surface area contributed by atoms with Crippen molar-refractivity contribution < 1.29 is 23.1 Å². The number of pyridine rings is 1. The van der Waals surface area contributed by atoms with Crippen LogP contribution in [0.3, 0.4) is 0 Å². The predicted molar refractivity (Wildman–Crippen MR) is 169 cm³/mol. The van der Waals surface area contributed by atoms with Gasteiger partial charge in [-0.2, -0.15) is 13.2 Å². The Morgan fingerprint density at radius 2 is 1.62 bits per heavy atom. The first kappa shape index (κ1) is 30.3. The number of hydrogen-bond donors (Lipinski definition) is 3. The summed E-state index contributed by atoms with van der Waals surface area (Å²) in [4.78, 5) is 32.0. The lowest BCUT2D eigenvalue weighted by Crippen LogP contribution is -2.43. The van der Waals surface area contributed by atoms with Gasteiger partial charge in [-0.1, -0.05) is 42.5 Å². The van der Waals surface area contributed by atoms with E-state index in [2.05, 4.69) is 10.3 Å². The van der Waals surface area contributed by atoms with Crippen molar-refractivity contribution in [2.45, 2.75) is 44.2 Å². The van der Waals surface area contributed by atoms with Gasteiger partial charge in [-0.05, 0) is 73.6 Å². The number of benzene rings is 3. The van der Waals surface area contributed by atoms with Crippen LogP contribution in [0.1, 0.15) is 59.5 Å². The van der Waals surface area contributed by atoms with Crippen molar-refractivity contribution in [3.05, 3.63) is 111 Å². The number of amides is 2. The van der Waals surface area contributed by atoms with Gasteiger partial charge >= 0.3 is 12.2 Å². The number of aromatic hydroxyl groups is 1. The highest BCUT2D eigenvalue weighted by molar-refractivity contribution is 5.88. The lowest BCUT2D eigenvalue weighted by Gasteiger charge is -2.26. The number of fused-ring (bicyclic) bond motifs is 2. The number of aryl methyl sites for hydroxylation is 2. The third kappa shape index (κ3) is 5.89. The largest absolute Gasteiger partial charge is 0.507 e. The summed E-state index contributed by atoms with van der Waals surface area (Å²) < 4.78 is 42.1. The highest BCUT2D eigenvalue weighted by Crippen LogP contribution is 2.42. The van der Waals surface area contributed by atoms with E-state index in [1.807, 2.05) is 29.2 Å². The van der Waals surface area contributed by atoms with Crippen molar-refractivity contribution in [2.75, 3.05) is 19.6 Å². The lowest BCUT2D eigenvalue weighted by molar-refractivity contribution is -0.137. The molecule has 1 saturated heterocycles. The summed E-state index contributed by atoms with van der Waals surface area (Å²) >= 11 is 0. The Bertz CT molecular complexity index is 1900. The number of urea groups is 1. The van der Waals surface area contributed by atoms with E-state index in [1.165, 1.54) is 16.7 Å². The molecule has 5 aromatic rings. The molecule has 2 aromatic heterocycles. The summed E-state index contributed by atoms with van der Waals surface area (Å²) in [6, 6.07) is 19.3. The van der Waals surface area contributed by atoms with Crippen molar-refractivity contribution >= 4 is 27.8 Å². The number of likely N-dealkylation sites (tertiary alicyclic amines) is 1. The number of nitrogens with one attached hydrogen (secondary N) is 2. The molecule has 0 spiro atoms. The number of rotatable bonds is 7. The average molecular weight is 617 g/mol. The van der Waals surface area contributed by atoms with Gasteiger partial charge in [-0.3, -0.25) is 4.79 Å². The Hall–Kier alpha value is -4.73. The molecule has 0 bridgehead atoms. The number of carbonyl (C=O) groups excluding carboxylic acids is 1. The topological polar surface area (TPSA) is 90.4 Å². The third-order valence-corrected chi connectivity index (χ3v) is 8.83.